The van der Waals surface area contributed by atoms with Crippen LogP contribution >= 0.6 is 0 Å². The Morgan fingerprint density at radius 1 is 0.900 bits per heavy atom. The minimum absolute atomic E-state index is 0.0984. The molecular formula is C13H15F5N2. The van der Waals surface area contributed by atoms with Gasteiger partial charge in [-0.1, -0.05) is 6.42 Å². The quantitative estimate of drug-likeness (QED) is 0.527. The maximum atomic E-state index is 13.6. The van der Waals surface area contributed by atoms with Crippen LogP contribution in [0.3, 0.4) is 0 Å². The fraction of sp³-hybridized carbons (Fsp3) is 0.538. The molecule has 0 radical (unpaired) electrons. The van der Waals surface area contributed by atoms with Crippen molar-refractivity contribution in [2.45, 2.75) is 31.8 Å². The summed E-state index contributed by atoms with van der Waals surface area (Å²) in [6, 6.07) is -0.0984. The lowest BCUT2D eigenvalue weighted by molar-refractivity contribution is 0.140. The van der Waals surface area contributed by atoms with Crippen molar-refractivity contribution in [3.63, 3.8) is 0 Å². The molecule has 0 saturated carbocycles. The van der Waals surface area contributed by atoms with Crippen molar-refractivity contribution in [3.05, 3.63) is 34.6 Å². The number of likely N-dealkylation sites (tertiary alicyclic amines) is 1. The third-order valence-electron chi connectivity index (χ3n) is 3.68. The van der Waals surface area contributed by atoms with E-state index in [4.69, 9.17) is 5.73 Å². The first-order chi connectivity index (χ1) is 9.47. The number of hydrogen-bond acceptors (Lipinski definition) is 2. The molecule has 2 nitrogen and oxygen atoms in total. The molecule has 112 valence electrons. The first-order valence-corrected chi connectivity index (χ1v) is 6.41. The summed E-state index contributed by atoms with van der Waals surface area (Å²) in [6.45, 7) is 0.490. The molecule has 0 spiro atoms. The Kier molecular flexibility index (Phi) is 4.59. The van der Waals surface area contributed by atoms with Crippen molar-refractivity contribution < 1.29 is 22.0 Å². The maximum absolute atomic E-state index is 13.6. The molecule has 1 aromatic carbocycles. The van der Waals surface area contributed by atoms with E-state index < -0.39 is 34.6 Å². The van der Waals surface area contributed by atoms with E-state index >= 15 is 0 Å². The second-order valence-corrected chi connectivity index (χ2v) is 4.90. The van der Waals surface area contributed by atoms with Gasteiger partial charge in [0.1, 0.15) is 0 Å². The molecule has 1 aliphatic rings. The van der Waals surface area contributed by atoms with Crippen LogP contribution in [0.25, 0.3) is 0 Å². The summed E-state index contributed by atoms with van der Waals surface area (Å²) in [7, 11) is 0. The van der Waals surface area contributed by atoms with Gasteiger partial charge in [-0.25, -0.2) is 22.0 Å². The van der Waals surface area contributed by atoms with E-state index in [9.17, 15) is 22.0 Å². The van der Waals surface area contributed by atoms with Gasteiger partial charge in [-0.3, -0.25) is 4.90 Å². The van der Waals surface area contributed by atoms with Crippen LogP contribution in [-0.4, -0.2) is 24.0 Å². The Bertz CT molecular complexity index is 477. The number of nitrogens with two attached hydrogens (primary N) is 1. The van der Waals surface area contributed by atoms with Gasteiger partial charge < -0.3 is 5.73 Å². The average Bonchev–Trinajstić information content (AvgIpc) is 2.48. The fourth-order valence-corrected chi connectivity index (χ4v) is 2.53. The predicted octanol–water partition coefficient (Wildman–Crippen LogP) is 2.70. The molecule has 2 N–H and O–H groups in total. The zero-order valence-electron chi connectivity index (χ0n) is 10.7. The van der Waals surface area contributed by atoms with E-state index in [2.05, 4.69) is 0 Å². The van der Waals surface area contributed by atoms with Crippen molar-refractivity contribution in [1.82, 2.24) is 4.90 Å². The first-order valence-electron chi connectivity index (χ1n) is 6.41. The van der Waals surface area contributed by atoms with Gasteiger partial charge in [0.2, 0.25) is 5.82 Å². The van der Waals surface area contributed by atoms with Gasteiger partial charge in [-0.15, -0.1) is 0 Å². The zero-order chi connectivity index (χ0) is 14.9. The third-order valence-corrected chi connectivity index (χ3v) is 3.68. The smallest absolute Gasteiger partial charge is 0.200 e. The van der Waals surface area contributed by atoms with Crippen LogP contribution in [0.2, 0.25) is 0 Å². The molecule has 1 aromatic rings. The fourth-order valence-electron chi connectivity index (χ4n) is 2.53. The molecular weight excluding hydrogens is 279 g/mol. The Balaban J connectivity index is 2.33. The number of nitrogens with zero attached hydrogens (tertiary/aromatic N) is 1. The molecule has 1 atom stereocenters. The lowest BCUT2D eigenvalue weighted by Gasteiger charge is -2.35. The van der Waals surface area contributed by atoms with Crippen molar-refractivity contribution in [1.29, 1.82) is 0 Å². The van der Waals surface area contributed by atoms with Gasteiger partial charge in [0, 0.05) is 24.7 Å². The number of hydrogen-bond donors (Lipinski definition) is 1. The predicted molar refractivity (Wildman–Crippen MR) is 63.3 cm³/mol. The summed E-state index contributed by atoms with van der Waals surface area (Å²) < 4.78 is 66.4. The molecule has 0 aliphatic carbocycles. The van der Waals surface area contributed by atoms with Crippen molar-refractivity contribution in [3.8, 4) is 0 Å². The van der Waals surface area contributed by atoms with Crippen molar-refractivity contribution in [2.75, 3.05) is 13.1 Å². The summed E-state index contributed by atoms with van der Waals surface area (Å²) >= 11 is 0. The highest BCUT2D eigenvalue weighted by Crippen LogP contribution is 2.26. The van der Waals surface area contributed by atoms with E-state index in [0.717, 1.165) is 19.3 Å². The highest BCUT2D eigenvalue weighted by molar-refractivity contribution is 5.24. The SMILES string of the molecule is NCC1CCCCN1Cc1c(F)c(F)c(F)c(F)c1F. The van der Waals surface area contributed by atoms with Gasteiger partial charge >= 0.3 is 0 Å². The normalized spacial score (nSPS) is 20.4. The second-order valence-electron chi connectivity index (χ2n) is 4.90. The number of benzene rings is 1. The molecule has 0 aromatic heterocycles. The zero-order valence-corrected chi connectivity index (χ0v) is 10.7. The van der Waals surface area contributed by atoms with Gasteiger partial charge in [0.05, 0.1) is 0 Å². The Hall–Kier alpha value is -1.21. The monoisotopic (exact) mass is 294 g/mol. The molecule has 1 heterocycles. The van der Waals surface area contributed by atoms with Crippen LogP contribution in [0, 0.1) is 29.1 Å². The molecule has 2 rings (SSSR count). The molecule has 20 heavy (non-hydrogen) atoms. The summed E-state index contributed by atoms with van der Waals surface area (Å²) in [4.78, 5) is 1.67. The van der Waals surface area contributed by atoms with Crippen LogP contribution in [-0.2, 0) is 6.54 Å². The third kappa shape index (κ3) is 2.64. The lowest BCUT2D eigenvalue weighted by Crippen LogP contribution is -2.43. The summed E-state index contributed by atoms with van der Waals surface area (Å²) in [5.74, 6) is -9.45. The minimum atomic E-state index is -2.13. The average molecular weight is 294 g/mol. The van der Waals surface area contributed by atoms with Gasteiger partial charge in [0.15, 0.2) is 23.3 Å². The Morgan fingerprint density at radius 2 is 1.45 bits per heavy atom. The molecule has 7 heteroatoms. The van der Waals surface area contributed by atoms with E-state index in [-0.39, 0.29) is 19.1 Å². The van der Waals surface area contributed by atoms with Crippen LogP contribution in [0.5, 0.6) is 0 Å². The minimum Gasteiger partial charge on any atom is -0.329 e. The van der Waals surface area contributed by atoms with Crippen molar-refractivity contribution >= 4 is 0 Å². The standard InChI is InChI=1S/C13H15F5N2/c14-9-8(10(15)12(17)13(18)11(9)16)6-20-4-2-1-3-7(20)5-19/h7H,1-6,19H2. The highest BCUT2D eigenvalue weighted by Gasteiger charge is 2.29. The van der Waals surface area contributed by atoms with Crippen molar-refractivity contribution in [2.24, 2.45) is 5.73 Å². The highest BCUT2D eigenvalue weighted by atomic mass is 19.2. The summed E-state index contributed by atoms with van der Waals surface area (Å²) in [5, 5.41) is 0. The van der Waals surface area contributed by atoms with Crippen LogP contribution < -0.4 is 5.73 Å². The molecule has 1 unspecified atom stereocenters. The second kappa shape index (κ2) is 6.05. The summed E-state index contributed by atoms with van der Waals surface area (Å²) in [6.07, 6.45) is 2.51. The molecule has 1 aliphatic heterocycles. The van der Waals surface area contributed by atoms with Gasteiger partial charge in [0.25, 0.3) is 0 Å². The molecule has 0 bridgehead atoms. The molecule has 0 amide bonds. The van der Waals surface area contributed by atoms with Crippen LogP contribution in [0.4, 0.5) is 22.0 Å². The Morgan fingerprint density at radius 3 is 2.00 bits per heavy atom. The topological polar surface area (TPSA) is 29.3 Å². The maximum Gasteiger partial charge on any atom is 0.200 e. The lowest BCUT2D eigenvalue weighted by atomic mass is 10.0. The van der Waals surface area contributed by atoms with E-state index in [1.807, 2.05) is 0 Å². The van der Waals surface area contributed by atoms with Crippen LogP contribution in [0.15, 0.2) is 0 Å². The number of halogens is 5. The van der Waals surface area contributed by atoms with Crippen LogP contribution in [0.1, 0.15) is 24.8 Å². The molecule has 1 fully saturated rings. The van der Waals surface area contributed by atoms with Gasteiger partial charge in [-0.05, 0) is 19.4 Å². The van der Waals surface area contributed by atoms with Gasteiger partial charge in [-0.2, -0.15) is 0 Å². The van der Waals surface area contributed by atoms with E-state index in [0.29, 0.717) is 6.54 Å². The van der Waals surface area contributed by atoms with E-state index in [1.165, 1.54) is 0 Å². The molecule has 1 saturated heterocycles. The van der Waals surface area contributed by atoms with E-state index in [1.54, 1.807) is 4.90 Å². The number of rotatable bonds is 3. The Labute approximate surface area is 113 Å². The largest absolute Gasteiger partial charge is 0.329 e. The summed E-state index contributed by atoms with van der Waals surface area (Å²) in [5.41, 5.74) is 4.78. The number of piperidine rings is 1. The first kappa shape index (κ1) is 15.2.